The van der Waals surface area contributed by atoms with E-state index in [9.17, 15) is 4.79 Å². The van der Waals surface area contributed by atoms with Crippen molar-refractivity contribution in [1.82, 2.24) is 9.88 Å². The van der Waals surface area contributed by atoms with E-state index in [4.69, 9.17) is 4.74 Å². The Labute approximate surface area is 132 Å². The molecule has 1 N–H and O–H groups in total. The fourth-order valence-corrected chi connectivity index (χ4v) is 2.73. The summed E-state index contributed by atoms with van der Waals surface area (Å²) in [5, 5.41) is 3.41. The van der Waals surface area contributed by atoms with Crippen LogP contribution in [0, 0.1) is 0 Å². The van der Waals surface area contributed by atoms with Gasteiger partial charge in [-0.3, -0.25) is 0 Å². The minimum Gasteiger partial charge on any atom is -0.444 e. The number of rotatable bonds is 3. The Morgan fingerprint density at radius 2 is 2.09 bits per heavy atom. The molecule has 0 radical (unpaired) electrons. The zero-order chi connectivity index (χ0) is 15.7. The van der Waals surface area contributed by atoms with Crippen LogP contribution in [0.5, 0.6) is 0 Å². The van der Waals surface area contributed by atoms with E-state index in [0.717, 1.165) is 24.7 Å². The first-order valence-corrected chi connectivity index (χ1v) is 8.11. The number of pyridine rings is 1. The van der Waals surface area contributed by atoms with Crippen LogP contribution in [-0.4, -0.2) is 40.7 Å². The fraction of sp³-hybridized carbons (Fsp3) is 0.647. The third-order valence-corrected chi connectivity index (χ3v) is 4.03. The van der Waals surface area contributed by atoms with E-state index in [1.54, 1.807) is 4.90 Å². The van der Waals surface area contributed by atoms with Crippen LogP contribution in [0.4, 0.5) is 10.6 Å². The first-order chi connectivity index (χ1) is 10.4. The maximum absolute atomic E-state index is 12.0. The van der Waals surface area contributed by atoms with Crippen molar-refractivity contribution in [3.63, 3.8) is 0 Å². The summed E-state index contributed by atoms with van der Waals surface area (Å²) >= 11 is 0. The van der Waals surface area contributed by atoms with Crippen LogP contribution < -0.4 is 5.32 Å². The van der Waals surface area contributed by atoms with Crippen molar-refractivity contribution in [1.29, 1.82) is 0 Å². The van der Waals surface area contributed by atoms with E-state index in [0.29, 0.717) is 6.54 Å². The highest BCUT2D eigenvalue weighted by atomic mass is 16.6. The zero-order valence-corrected chi connectivity index (χ0v) is 13.6. The summed E-state index contributed by atoms with van der Waals surface area (Å²) < 4.78 is 5.41. The highest BCUT2D eigenvalue weighted by Gasteiger charge is 2.30. The summed E-state index contributed by atoms with van der Waals surface area (Å²) in [7, 11) is 0. The number of hydrogen-bond acceptors (Lipinski definition) is 4. The predicted octanol–water partition coefficient (Wildman–Crippen LogP) is 3.38. The predicted molar refractivity (Wildman–Crippen MR) is 86.0 cm³/mol. The topological polar surface area (TPSA) is 54.5 Å². The number of anilines is 1. The van der Waals surface area contributed by atoms with Crippen LogP contribution in [0.25, 0.3) is 0 Å². The lowest BCUT2D eigenvalue weighted by atomic mass is 10.2. The quantitative estimate of drug-likeness (QED) is 0.930. The molecule has 1 aromatic heterocycles. The molecular weight excluding hydrogens is 278 g/mol. The monoisotopic (exact) mass is 303 g/mol. The number of ether oxygens (including phenoxy) is 1. The van der Waals surface area contributed by atoms with Crippen molar-refractivity contribution in [2.45, 2.75) is 57.6 Å². The van der Waals surface area contributed by atoms with Crippen LogP contribution in [0.2, 0.25) is 0 Å². The van der Waals surface area contributed by atoms with Gasteiger partial charge in [0.2, 0.25) is 0 Å². The second-order valence-electron chi connectivity index (χ2n) is 7.31. The van der Waals surface area contributed by atoms with Gasteiger partial charge in [0.05, 0.1) is 0 Å². The molecule has 22 heavy (non-hydrogen) atoms. The lowest BCUT2D eigenvalue weighted by Crippen LogP contribution is -2.36. The minimum atomic E-state index is -0.442. The normalized spacial score (nSPS) is 21.8. The number of likely N-dealkylation sites (tertiary alicyclic amines) is 1. The van der Waals surface area contributed by atoms with Crippen LogP contribution >= 0.6 is 0 Å². The van der Waals surface area contributed by atoms with E-state index < -0.39 is 5.60 Å². The van der Waals surface area contributed by atoms with Crippen molar-refractivity contribution in [2.75, 3.05) is 18.4 Å². The average molecular weight is 303 g/mol. The minimum absolute atomic E-state index is 0.228. The van der Waals surface area contributed by atoms with Crippen LogP contribution in [0.15, 0.2) is 18.3 Å². The van der Waals surface area contributed by atoms with Crippen LogP contribution in [0.3, 0.4) is 0 Å². The molecular formula is C17H25N3O2. The lowest BCUT2D eigenvalue weighted by Gasteiger charge is -2.24. The molecule has 5 nitrogen and oxygen atoms in total. The molecule has 1 amide bonds. The number of amides is 1. The standard InChI is InChI=1S/C17H25N3O2/c1-17(2,3)22-16(21)20-9-8-14(11-20)19-15-7-6-13(10-18-15)12-4-5-12/h6-7,10,12,14H,4-5,8-9,11H2,1-3H3,(H,18,19). The Morgan fingerprint density at radius 3 is 2.68 bits per heavy atom. The van der Waals surface area contributed by atoms with Gasteiger partial charge in [-0.25, -0.2) is 9.78 Å². The Kier molecular flexibility index (Phi) is 3.98. The first kappa shape index (κ1) is 15.1. The highest BCUT2D eigenvalue weighted by molar-refractivity contribution is 5.68. The molecule has 1 saturated carbocycles. The number of carbonyl (C=O) groups is 1. The molecule has 0 bridgehead atoms. The highest BCUT2D eigenvalue weighted by Crippen LogP contribution is 2.39. The molecule has 120 valence electrons. The fourth-order valence-electron chi connectivity index (χ4n) is 2.73. The summed E-state index contributed by atoms with van der Waals surface area (Å²) in [6.45, 7) is 7.07. The van der Waals surface area contributed by atoms with E-state index in [1.165, 1.54) is 18.4 Å². The van der Waals surface area contributed by atoms with Crippen molar-refractivity contribution in [3.8, 4) is 0 Å². The number of aromatic nitrogens is 1. The number of carbonyl (C=O) groups excluding carboxylic acids is 1. The van der Waals surface area contributed by atoms with Gasteiger partial charge in [-0.2, -0.15) is 0 Å². The van der Waals surface area contributed by atoms with Gasteiger partial charge in [0.25, 0.3) is 0 Å². The van der Waals surface area contributed by atoms with Crippen molar-refractivity contribution >= 4 is 11.9 Å². The smallest absolute Gasteiger partial charge is 0.410 e. The van der Waals surface area contributed by atoms with E-state index in [1.807, 2.05) is 33.0 Å². The average Bonchev–Trinajstić information content (AvgIpc) is 3.17. The summed E-state index contributed by atoms with van der Waals surface area (Å²) in [5.41, 5.74) is 0.898. The molecule has 1 aliphatic heterocycles. The molecule has 1 aromatic rings. The van der Waals surface area contributed by atoms with E-state index in [-0.39, 0.29) is 12.1 Å². The molecule has 1 aliphatic carbocycles. The molecule has 1 saturated heterocycles. The number of nitrogens with one attached hydrogen (secondary N) is 1. The molecule has 1 unspecified atom stereocenters. The molecule has 2 fully saturated rings. The maximum atomic E-state index is 12.0. The lowest BCUT2D eigenvalue weighted by molar-refractivity contribution is 0.0293. The summed E-state index contributed by atoms with van der Waals surface area (Å²) in [5.74, 6) is 1.62. The Balaban J connectivity index is 1.51. The molecule has 0 spiro atoms. The van der Waals surface area contributed by atoms with Gasteiger partial charge in [-0.15, -0.1) is 0 Å². The molecule has 5 heteroatoms. The molecule has 0 aromatic carbocycles. The van der Waals surface area contributed by atoms with Crippen LogP contribution in [0.1, 0.15) is 51.5 Å². The van der Waals surface area contributed by atoms with Gasteiger partial charge in [0.1, 0.15) is 11.4 Å². The van der Waals surface area contributed by atoms with Crippen LogP contribution in [-0.2, 0) is 4.74 Å². The van der Waals surface area contributed by atoms with Crippen molar-refractivity contribution in [2.24, 2.45) is 0 Å². The molecule has 3 rings (SSSR count). The van der Waals surface area contributed by atoms with Gasteiger partial charge < -0.3 is 15.0 Å². The van der Waals surface area contributed by atoms with Gasteiger partial charge >= 0.3 is 6.09 Å². The van der Waals surface area contributed by atoms with Crippen molar-refractivity contribution in [3.05, 3.63) is 23.9 Å². The summed E-state index contributed by atoms with van der Waals surface area (Å²) in [4.78, 5) is 18.3. The Bertz CT molecular complexity index is 532. The maximum Gasteiger partial charge on any atom is 0.410 e. The van der Waals surface area contributed by atoms with Gasteiger partial charge in [0, 0.05) is 25.3 Å². The third-order valence-electron chi connectivity index (χ3n) is 4.03. The second kappa shape index (κ2) is 5.78. The summed E-state index contributed by atoms with van der Waals surface area (Å²) in [6, 6.07) is 4.45. The third kappa shape index (κ3) is 3.90. The summed E-state index contributed by atoms with van der Waals surface area (Å²) in [6.07, 6.45) is 5.25. The molecule has 1 atom stereocenters. The Hall–Kier alpha value is -1.78. The van der Waals surface area contributed by atoms with Gasteiger partial charge in [0.15, 0.2) is 0 Å². The van der Waals surface area contributed by atoms with Crippen molar-refractivity contribution < 1.29 is 9.53 Å². The van der Waals surface area contributed by atoms with Gasteiger partial charge in [-0.05, 0) is 57.6 Å². The second-order valence-corrected chi connectivity index (χ2v) is 7.31. The number of hydrogen-bond donors (Lipinski definition) is 1. The molecule has 2 heterocycles. The SMILES string of the molecule is CC(C)(C)OC(=O)N1CCC(Nc2ccc(C3CC3)cn2)C1. The largest absolute Gasteiger partial charge is 0.444 e. The van der Waals surface area contributed by atoms with E-state index in [2.05, 4.69) is 16.4 Å². The Morgan fingerprint density at radius 1 is 1.32 bits per heavy atom. The van der Waals surface area contributed by atoms with E-state index >= 15 is 0 Å². The zero-order valence-electron chi connectivity index (χ0n) is 13.6. The first-order valence-electron chi connectivity index (χ1n) is 8.11. The van der Waals surface area contributed by atoms with Gasteiger partial charge in [-0.1, -0.05) is 6.07 Å². The molecule has 2 aliphatic rings. The number of nitrogens with zero attached hydrogens (tertiary/aromatic N) is 2.